The van der Waals surface area contributed by atoms with Gasteiger partial charge in [-0.25, -0.2) is 0 Å². The Hall–Kier alpha value is -3.46. The molecule has 3 nitrogen and oxygen atoms in total. The highest BCUT2D eigenvalue weighted by molar-refractivity contribution is 5.91. The van der Waals surface area contributed by atoms with E-state index >= 15 is 0 Å². The standard InChI is InChI=1S/C30H31NO2/c1-18(2)20(4)32-24-13-10-14-25-27(24)22-15-16-23-26(19(3)17-30(5,6)31-23)28(22)29(33-25)21-11-8-7-9-12-21/h7-17,29,31H,1-6H3. The molecule has 2 aliphatic heterocycles. The molecule has 1 unspecified atom stereocenters. The maximum atomic E-state index is 6.74. The molecule has 33 heavy (non-hydrogen) atoms. The normalized spacial score (nSPS) is 17.4. The molecular weight excluding hydrogens is 406 g/mol. The van der Waals surface area contributed by atoms with E-state index in [0.717, 1.165) is 45.2 Å². The number of nitrogens with one attached hydrogen (secondary N) is 1. The summed E-state index contributed by atoms with van der Waals surface area (Å²) in [5.41, 5.74) is 9.19. The van der Waals surface area contributed by atoms with Gasteiger partial charge < -0.3 is 14.8 Å². The van der Waals surface area contributed by atoms with E-state index < -0.39 is 0 Å². The number of benzene rings is 3. The van der Waals surface area contributed by atoms with Gasteiger partial charge in [0.05, 0.1) is 16.9 Å². The summed E-state index contributed by atoms with van der Waals surface area (Å²) in [5.74, 6) is 2.58. The van der Waals surface area contributed by atoms with Crippen LogP contribution < -0.4 is 14.8 Å². The van der Waals surface area contributed by atoms with Gasteiger partial charge in [-0.2, -0.15) is 0 Å². The van der Waals surface area contributed by atoms with Crippen molar-refractivity contribution in [3.05, 3.63) is 94.8 Å². The second kappa shape index (κ2) is 7.84. The lowest BCUT2D eigenvalue weighted by Crippen LogP contribution is -2.32. The van der Waals surface area contributed by atoms with Gasteiger partial charge in [-0.1, -0.05) is 48.5 Å². The van der Waals surface area contributed by atoms with Crippen LogP contribution in [0.1, 0.15) is 64.3 Å². The third-order valence-corrected chi connectivity index (χ3v) is 6.51. The first-order valence-electron chi connectivity index (χ1n) is 11.6. The SMILES string of the molecule is CC1=CC(C)(C)Nc2ccc3c(c21)C(c1ccccc1)Oc1cccc(OC(C)=C(C)C)c1-3. The maximum Gasteiger partial charge on any atom is 0.150 e. The molecule has 0 fully saturated rings. The molecule has 0 radical (unpaired) electrons. The van der Waals surface area contributed by atoms with E-state index in [0.29, 0.717) is 0 Å². The van der Waals surface area contributed by atoms with Gasteiger partial charge in [0.15, 0.2) is 6.10 Å². The number of fused-ring (bicyclic) bond motifs is 5. The quantitative estimate of drug-likeness (QED) is 0.420. The largest absolute Gasteiger partial charge is 0.480 e. The minimum atomic E-state index is -0.199. The molecule has 3 aromatic carbocycles. The van der Waals surface area contributed by atoms with Gasteiger partial charge in [0.1, 0.15) is 11.5 Å². The van der Waals surface area contributed by atoms with Crippen molar-refractivity contribution in [2.45, 2.75) is 53.2 Å². The van der Waals surface area contributed by atoms with Crippen molar-refractivity contribution in [2.75, 3.05) is 5.32 Å². The van der Waals surface area contributed by atoms with Crippen molar-refractivity contribution in [2.24, 2.45) is 0 Å². The lowest BCUT2D eigenvalue weighted by Gasteiger charge is -2.37. The first-order chi connectivity index (χ1) is 15.7. The molecule has 0 amide bonds. The topological polar surface area (TPSA) is 30.5 Å². The van der Waals surface area contributed by atoms with Gasteiger partial charge in [-0.05, 0) is 82.0 Å². The van der Waals surface area contributed by atoms with Crippen LogP contribution in [-0.4, -0.2) is 5.54 Å². The maximum absolute atomic E-state index is 6.74. The molecule has 0 saturated heterocycles. The molecule has 168 valence electrons. The van der Waals surface area contributed by atoms with E-state index in [4.69, 9.17) is 9.47 Å². The second-order valence-corrected chi connectivity index (χ2v) is 9.82. The van der Waals surface area contributed by atoms with Gasteiger partial charge in [-0.15, -0.1) is 0 Å². The Morgan fingerprint density at radius 2 is 1.67 bits per heavy atom. The fourth-order valence-electron chi connectivity index (χ4n) is 4.91. The van der Waals surface area contributed by atoms with Crippen molar-refractivity contribution in [3.63, 3.8) is 0 Å². The highest BCUT2D eigenvalue weighted by atomic mass is 16.5. The Bertz CT molecular complexity index is 1290. The summed E-state index contributed by atoms with van der Waals surface area (Å²) >= 11 is 0. The smallest absolute Gasteiger partial charge is 0.150 e. The number of ether oxygens (including phenoxy) is 2. The summed E-state index contributed by atoms with van der Waals surface area (Å²) in [4.78, 5) is 0. The Morgan fingerprint density at radius 3 is 2.39 bits per heavy atom. The zero-order valence-corrected chi connectivity index (χ0v) is 20.2. The second-order valence-electron chi connectivity index (χ2n) is 9.82. The van der Waals surface area contributed by atoms with Crippen molar-refractivity contribution in [3.8, 4) is 22.6 Å². The molecule has 3 aromatic rings. The molecule has 3 heteroatoms. The van der Waals surface area contributed by atoms with Crippen molar-refractivity contribution in [1.29, 1.82) is 0 Å². The summed E-state index contributed by atoms with van der Waals surface area (Å²) < 4.78 is 13.1. The third-order valence-electron chi connectivity index (χ3n) is 6.51. The number of allylic oxidation sites excluding steroid dienone is 3. The predicted octanol–water partition coefficient (Wildman–Crippen LogP) is 8.14. The average Bonchev–Trinajstić information content (AvgIpc) is 2.77. The predicted molar refractivity (Wildman–Crippen MR) is 137 cm³/mol. The first kappa shape index (κ1) is 21.4. The number of rotatable bonds is 3. The summed E-state index contributed by atoms with van der Waals surface area (Å²) in [5, 5.41) is 3.70. The summed E-state index contributed by atoms with van der Waals surface area (Å²) in [6.07, 6.45) is 2.11. The monoisotopic (exact) mass is 437 g/mol. The van der Waals surface area contributed by atoms with Crippen LogP contribution in [0.5, 0.6) is 11.5 Å². The lowest BCUT2D eigenvalue weighted by molar-refractivity contribution is 0.242. The van der Waals surface area contributed by atoms with Crippen LogP contribution in [0, 0.1) is 0 Å². The number of hydrogen-bond donors (Lipinski definition) is 1. The van der Waals surface area contributed by atoms with Crippen LogP contribution in [0.2, 0.25) is 0 Å². The fraction of sp³-hybridized carbons (Fsp3) is 0.267. The molecule has 0 aromatic heterocycles. The van der Waals surface area contributed by atoms with Crippen LogP contribution in [0.25, 0.3) is 16.7 Å². The Balaban J connectivity index is 1.79. The third kappa shape index (κ3) is 3.72. The van der Waals surface area contributed by atoms with Gasteiger partial charge in [0.25, 0.3) is 0 Å². The molecule has 0 bridgehead atoms. The zero-order chi connectivity index (χ0) is 23.3. The van der Waals surface area contributed by atoms with Crippen LogP contribution >= 0.6 is 0 Å². The van der Waals surface area contributed by atoms with Gasteiger partial charge in [-0.3, -0.25) is 0 Å². The van der Waals surface area contributed by atoms with E-state index in [9.17, 15) is 0 Å². The molecule has 0 aliphatic carbocycles. The molecule has 5 rings (SSSR count). The molecule has 1 atom stereocenters. The zero-order valence-electron chi connectivity index (χ0n) is 20.2. The average molecular weight is 438 g/mol. The van der Waals surface area contributed by atoms with E-state index in [2.05, 4.69) is 82.4 Å². The summed E-state index contributed by atoms with van der Waals surface area (Å²) in [6.45, 7) is 12.8. The highest BCUT2D eigenvalue weighted by Crippen LogP contribution is 2.53. The lowest BCUT2D eigenvalue weighted by atomic mass is 9.80. The van der Waals surface area contributed by atoms with Crippen molar-refractivity contribution >= 4 is 11.3 Å². The van der Waals surface area contributed by atoms with Gasteiger partial charge >= 0.3 is 0 Å². The molecule has 1 N–H and O–H groups in total. The van der Waals surface area contributed by atoms with Gasteiger partial charge in [0, 0.05) is 16.8 Å². The number of anilines is 1. The van der Waals surface area contributed by atoms with Crippen LogP contribution in [0.3, 0.4) is 0 Å². The fourth-order valence-corrected chi connectivity index (χ4v) is 4.91. The van der Waals surface area contributed by atoms with Crippen molar-refractivity contribution in [1.82, 2.24) is 0 Å². The Labute approximate surface area is 196 Å². The molecule has 2 heterocycles. The van der Waals surface area contributed by atoms with Gasteiger partial charge in [0.2, 0.25) is 0 Å². The minimum absolute atomic E-state index is 0.101. The molecule has 0 saturated carbocycles. The highest BCUT2D eigenvalue weighted by Gasteiger charge is 2.35. The molecule has 0 spiro atoms. The van der Waals surface area contributed by atoms with Crippen LogP contribution in [-0.2, 0) is 0 Å². The first-order valence-corrected chi connectivity index (χ1v) is 11.6. The van der Waals surface area contributed by atoms with Crippen LogP contribution in [0.4, 0.5) is 5.69 Å². The summed E-state index contributed by atoms with van der Waals surface area (Å²) in [7, 11) is 0. The Morgan fingerprint density at radius 1 is 0.909 bits per heavy atom. The van der Waals surface area contributed by atoms with E-state index in [1.165, 1.54) is 16.7 Å². The Kier molecular flexibility index (Phi) is 5.08. The van der Waals surface area contributed by atoms with Crippen molar-refractivity contribution < 1.29 is 9.47 Å². The minimum Gasteiger partial charge on any atom is -0.480 e. The number of hydrogen-bond acceptors (Lipinski definition) is 3. The van der Waals surface area contributed by atoms with Crippen LogP contribution in [0.15, 0.2) is 78.1 Å². The summed E-state index contributed by atoms with van der Waals surface area (Å²) in [6, 6.07) is 21.0. The van der Waals surface area contributed by atoms with E-state index in [1.54, 1.807) is 0 Å². The molecule has 2 aliphatic rings. The molecular formula is C30H31NO2. The van der Waals surface area contributed by atoms with E-state index in [-0.39, 0.29) is 11.6 Å². The van der Waals surface area contributed by atoms with E-state index in [1.807, 2.05) is 31.2 Å².